The van der Waals surface area contributed by atoms with Crippen molar-refractivity contribution in [1.82, 2.24) is 0 Å². The normalized spacial score (nSPS) is 12.0. The van der Waals surface area contributed by atoms with E-state index >= 15 is 0 Å². The Labute approximate surface area is 91.5 Å². The lowest BCUT2D eigenvalue weighted by Gasteiger charge is -2.14. The van der Waals surface area contributed by atoms with E-state index in [1.807, 2.05) is 12.1 Å². The maximum Gasteiger partial charge on any atom is 0.0449 e. The molecule has 0 amide bonds. The largest absolute Gasteiger partial charge is 0.396 e. The van der Waals surface area contributed by atoms with Crippen molar-refractivity contribution in [1.29, 1.82) is 0 Å². The molecule has 0 aliphatic rings. The molecule has 0 saturated carbocycles. The topological polar surface area (TPSA) is 46.2 Å². The van der Waals surface area contributed by atoms with Gasteiger partial charge in [0.2, 0.25) is 0 Å². The number of rotatable bonds is 3. The molecule has 0 bridgehead atoms. The molecule has 1 aromatic carbocycles. The van der Waals surface area contributed by atoms with Crippen LogP contribution in [0.5, 0.6) is 0 Å². The number of aliphatic hydroxyl groups is 1. The summed E-state index contributed by atoms with van der Waals surface area (Å²) in [6, 6.07) is 6.08. The molecule has 0 radical (unpaired) electrons. The molecule has 0 aliphatic carbocycles. The number of benzene rings is 1. The molecule has 3 N–H and O–H groups in total. The monoisotopic (exact) mass is 215 g/mol. The second-order valence-electron chi connectivity index (χ2n) is 3.41. The van der Waals surface area contributed by atoms with Crippen LogP contribution in [0.2, 0.25) is 0 Å². The van der Waals surface area contributed by atoms with E-state index in [0.717, 1.165) is 5.56 Å². The van der Waals surface area contributed by atoms with Gasteiger partial charge in [0.25, 0.3) is 0 Å². The summed E-state index contributed by atoms with van der Waals surface area (Å²) in [7, 11) is 0. The first-order valence-electron chi connectivity index (χ1n) is 4.59. The lowest BCUT2D eigenvalue weighted by Crippen LogP contribution is -2.13. The zero-order valence-corrected chi connectivity index (χ0v) is 9.47. The molecule has 1 atom stereocenters. The summed E-state index contributed by atoms with van der Waals surface area (Å²) >= 11 is 0. The molecule has 0 saturated heterocycles. The van der Waals surface area contributed by atoms with Crippen LogP contribution >= 0.6 is 12.4 Å². The molecular formula is C11H18ClNO. The van der Waals surface area contributed by atoms with Crippen molar-refractivity contribution in [3.05, 3.63) is 34.9 Å². The van der Waals surface area contributed by atoms with Crippen LogP contribution in [0.25, 0.3) is 0 Å². The van der Waals surface area contributed by atoms with Gasteiger partial charge in [-0.05, 0) is 37.0 Å². The van der Waals surface area contributed by atoms with E-state index < -0.39 is 0 Å². The molecular weight excluding hydrogens is 198 g/mol. The highest BCUT2D eigenvalue weighted by Gasteiger charge is 2.08. The number of aliphatic hydroxyl groups excluding tert-OH is 1. The van der Waals surface area contributed by atoms with Crippen molar-refractivity contribution in [2.45, 2.75) is 26.3 Å². The highest BCUT2D eigenvalue weighted by Crippen LogP contribution is 2.20. The van der Waals surface area contributed by atoms with Gasteiger partial charge in [-0.25, -0.2) is 0 Å². The molecule has 0 fully saturated rings. The number of aryl methyl sites for hydroxylation is 1. The van der Waals surface area contributed by atoms with Gasteiger partial charge in [0.15, 0.2) is 0 Å². The summed E-state index contributed by atoms with van der Waals surface area (Å²) < 4.78 is 0. The molecule has 14 heavy (non-hydrogen) atoms. The average molecular weight is 216 g/mol. The van der Waals surface area contributed by atoms with Gasteiger partial charge in [-0.1, -0.05) is 18.2 Å². The van der Waals surface area contributed by atoms with Crippen LogP contribution in [0, 0.1) is 13.8 Å². The zero-order valence-electron chi connectivity index (χ0n) is 8.66. The zero-order chi connectivity index (χ0) is 9.84. The maximum absolute atomic E-state index is 8.78. The third-order valence-electron chi connectivity index (χ3n) is 2.49. The SMILES string of the molecule is Cc1cccc(C(N)CCO)c1C.Cl. The second kappa shape index (κ2) is 6.02. The second-order valence-corrected chi connectivity index (χ2v) is 3.41. The minimum atomic E-state index is -0.0371. The Hall–Kier alpha value is -0.570. The molecule has 0 spiro atoms. The van der Waals surface area contributed by atoms with Crippen molar-refractivity contribution >= 4 is 12.4 Å². The summed E-state index contributed by atoms with van der Waals surface area (Å²) in [6.07, 6.45) is 0.629. The van der Waals surface area contributed by atoms with Gasteiger partial charge in [-0.3, -0.25) is 0 Å². The van der Waals surface area contributed by atoms with E-state index in [1.165, 1.54) is 11.1 Å². The molecule has 1 unspecified atom stereocenters. The molecule has 0 heterocycles. The highest BCUT2D eigenvalue weighted by molar-refractivity contribution is 5.85. The van der Waals surface area contributed by atoms with Crippen LogP contribution in [0.3, 0.4) is 0 Å². The Bertz CT molecular complexity index is 289. The Morgan fingerprint density at radius 1 is 1.36 bits per heavy atom. The first-order chi connectivity index (χ1) is 6.16. The molecule has 3 heteroatoms. The predicted octanol–water partition coefficient (Wildman–Crippen LogP) is 2.11. The first kappa shape index (κ1) is 13.4. The summed E-state index contributed by atoms with van der Waals surface area (Å²) in [5.74, 6) is 0. The van der Waals surface area contributed by atoms with Crippen molar-refractivity contribution in [3.8, 4) is 0 Å². The first-order valence-corrected chi connectivity index (χ1v) is 4.59. The van der Waals surface area contributed by atoms with Crippen molar-refractivity contribution < 1.29 is 5.11 Å². The van der Waals surface area contributed by atoms with Crippen LogP contribution in [0.15, 0.2) is 18.2 Å². The Morgan fingerprint density at radius 2 is 2.00 bits per heavy atom. The number of nitrogens with two attached hydrogens (primary N) is 1. The average Bonchev–Trinajstić information content (AvgIpc) is 2.10. The fourth-order valence-electron chi connectivity index (χ4n) is 1.47. The van der Waals surface area contributed by atoms with Crippen LogP contribution in [-0.2, 0) is 0 Å². The van der Waals surface area contributed by atoms with Crippen molar-refractivity contribution in [2.24, 2.45) is 5.73 Å². The fourth-order valence-corrected chi connectivity index (χ4v) is 1.47. The van der Waals surface area contributed by atoms with E-state index in [1.54, 1.807) is 0 Å². The molecule has 1 rings (SSSR count). The van der Waals surface area contributed by atoms with Crippen LogP contribution in [0.1, 0.15) is 29.2 Å². The Morgan fingerprint density at radius 3 is 2.57 bits per heavy atom. The third kappa shape index (κ3) is 2.98. The minimum Gasteiger partial charge on any atom is -0.396 e. The van der Waals surface area contributed by atoms with E-state index in [9.17, 15) is 0 Å². The Kier molecular flexibility index (Phi) is 5.77. The quantitative estimate of drug-likeness (QED) is 0.812. The van der Waals surface area contributed by atoms with E-state index in [2.05, 4.69) is 19.9 Å². The van der Waals surface area contributed by atoms with Crippen LogP contribution < -0.4 is 5.73 Å². The standard InChI is InChI=1S/C11H17NO.ClH/c1-8-4-3-5-10(9(8)2)11(12)6-7-13;/h3-5,11,13H,6-7,12H2,1-2H3;1H. The van der Waals surface area contributed by atoms with Crippen LogP contribution in [0.4, 0.5) is 0 Å². The number of hydrogen-bond donors (Lipinski definition) is 2. The lowest BCUT2D eigenvalue weighted by atomic mass is 9.96. The van der Waals surface area contributed by atoms with Crippen LogP contribution in [-0.4, -0.2) is 11.7 Å². The summed E-state index contributed by atoms with van der Waals surface area (Å²) in [4.78, 5) is 0. The van der Waals surface area contributed by atoms with Gasteiger partial charge < -0.3 is 10.8 Å². The summed E-state index contributed by atoms with van der Waals surface area (Å²) in [6.45, 7) is 4.29. The van der Waals surface area contributed by atoms with Crippen molar-refractivity contribution in [2.75, 3.05) is 6.61 Å². The van der Waals surface area contributed by atoms with E-state index in [4.69, 9.17) is 10.8 Å². The number of hydrogen-bond acceptors (Lipinski definition) is 2. The van der Waals surface area contributed by atoms with Gasteiger partial charge in [-0.15, -0.1) is 12.4 Å². The van der Waals surface area contributed by atoms with E-state index in [-0.39, 0.29) is 25.1 Å². The molecule has 1 aromatic rings. The minimum absolute atomic E-state index is 0. The fraction of sp³-hybridized carbons (Fsp3) is 0.455. The summed E-state index contributed by atoms with van der Waals surface area (Å²) in [5.41, 5.74) is 9.56. The lowest BCUT2D eigenvalue weighted by molar-refractivity contribution is 0.276. The third-order valence-corrected chi connectivity index (χ3v) is 2.49. The Balaban J connectivity index is 0.00000169. The molecule has 2 nitrogen and oxygen atoms in total. The summed E-state index contributed by atoms with van der Waals surface area (Å²) in [5, 5.41) is 8.78. The van der Waals surface area contributed by atoms with E-state index in [0.29, 0.717) is 6.42 Å². The molecule has 0 aromatic heterocycles. The highest BCUT2D eigenvalue weighted by atomic mass is 35.5. The number of halogens is 1. The van der Waals surface area contributed by atoms with Gasteiger partial charge in [-0.2, -0.15) is 0 Å². The molecule has 80 valence electrons. The molecule has 0 aliphatic heterocycles. The maximum atomic E-state index is 8.78. The van der Waals surface area contributed by atoms with Crippen molar-refractivity contribution in [3.63, 3.8) is 0 Å². The van der Waals surface area contributed by atoms with Gasteiger partial charge in [0, 0.05) is 12.6 Å². The van der Waals surface area contributed by atoms with Gasteiger partial charge >= 0.3 is 0 Å². The smallest absolute Gasteiger partial charge is 0.0449 e. The van der Waals surface area contributed by atoms with Gasteiger partial charge in [0.1, 0.15) is 0 Å². The predicted molar refractivity (Wildman–Crippen MR) is 61.8 cm³/mol. The van der Waals surface area contributed by atoms with Gasteiger partial charge in [0.05, 0.1) is 0 Å².